The quantitative estimate of drug-likeness (QED) is 0.544. The van der Waals surface area contributed by atoms with Gasteiger partial charge in [-0.1, -0.05) is 0 Å². The van der Waals surface area contributed by atoms with Crippen molar-refractivity contribution in [1.82, 2.24) is 4.90 Å². The monoisotopic (exact) mass is 233 g/mol. The fourth-order valence-corrected chi connectivity index (χ4v) is 1.33. The van der Waals surface area contributed by atoms with E-state index >= 15 is 0 Å². The van der Waals surface area contributed by atoms with Crippen molar-refractivity contribution in [2.24, 2.45) is 0 Å². The third-order valence-corrected chi connectivity index (χ3v) is 2.34. The molecule has 0 bridgehead atoms. The molecular weight excluding hydrogens is 210 g/mol. The minimum Gasteiger partial charge on any atom is -0.465 e. The van der Waals surface area contributed by atoms with Gasteiger partial charge in [-0.2, -0.15) is 0 Å². The highest BCUT2D eigenvalue weighted by atomic mass is 16.5. The van der Waals surface area contributed by atoms with Crippen LogP contribution in [0.25, 0.3) is 0 Å². The molecule has 5 heteroatoms. The standard InChI is InChI=1S/C11H23NO4/c1-5-16-11(13)10(2)12(6-8-14-3)7-9-15-4/h10H,5-9H2,1-4H3. The number of esters is 1. The molecule has 5 nitrogen and oxygen atoms in total. The topological polar surface area (TPSA) is 48.0 Å². The minimum absolute atomic E-state index is 0.199. The molecule has 0 fully saturated rings. The molecule has 0 aromatic carbocycles. The van der Waals surface area contributed by atoms with Crippen molar-refractivity contribution < 1.29 is 19.0 Å². The van der Waals surface area contributed by atoms with E-state index in [2.05, 4.69) is 0 Å². The van der Waals surface area contributed by atoms with Crippen molar-refractivity contribution in [3.05, 3.63) is 0 Å². The fraction of sp³-hybridized carbons (Fsp3) is 0.909. The van der Waals surface area contributed by atoms with Crippen LogP contribution in [0.5, 0.6) is 0 Å². The van der Waals surface area contributed by atoms with Gasteiger partial charge in [0.05, 0.1) is 19.8 Å². The van der Waals surface area contributed by atoms with E-state index in [0.29, 0.717) is 32.9 Å². The number of methoxy groups -OCH3 is 2. The molecule has 0 aromatic rings. The maximum atomic E-state index is 11.6. The summed E-state index contributed by atoms with van der Waals surface area (Å²) in [5, 5.41) is 0. The summed E-state index contributed by atoms with van der Waals surface area (Å²) < 4.78 is 15.0. The van der Waals surface area contributed by atoms with Crippen LogP contribution in [0.1, 0.15) is 13.8 Å². The Bertz CT molecular complexity index is 179. The average molecular weight is 233 g/mol. The lowest BCUT2D eigenvalue weighted by molar-refractivity contribution is -0.149. The van der Waals surface area contributed by atoms with E-state index in [1.165, 1.54) is 0 Å². The first-order chi connectivity index (χ1) is 7.67. The van der Waals surface area contributed by atoms with E-state index in [-0.39, 0.29) is 12.0 Å². The van der Waals surface area contributed by atoms with E-state index in [1.54, 1.807) is 21.1 Å². The normalized spacial score (nSPS) is 12.8. The van der Waals surface area contributed by atoms with Crippen molar-refractivity contribution in [3.63, 3.8) is 0 Å². The van der Waals surface area contributed by atoms with Crippen LogP contribution in [0.15, 0.2) is 0 Å². The number of nitrogens with zero attached hydrogens (tertiary/aromatic N) is 1. The maximum Gasteiger partial charge on any atom is 0.323 e. The third kappa shape index (κ3) is 6.05. The Morgan fingerprint density at radius 3 is 2.06 bits per heavy atom. The van der Waals surface area contributed by atoms with E-state index < -0.39 is 0 Å². The van der Waals surface area contributed by atoms with E-state index in [4.69, 9.17) is 14.2 Å². The van der Waals surface area contributed by atoms with Crippen LogP contribution in [0.2, 0.25) is 0 Å². The van der Waals surface area contributed by atoms with Gasteiger partial charge in [-0.25, -0.2) is 0 Å². The van der Waals surface area contributed by atoms with Crippen LogP contribution in [0, 0.1) is 0 Å². The second-order valence-corrected chi connectivity index (χ2v) is 3.45. The summed E-state index contributed by atoms with van der Waals surface area (Å²) in [5.41, 5.74) is 0. The SMILES string of the molecule is CCOC(=O)C(C)N(CCOC)CCOC. The molecule has 0 radical (unpaired) electrons. The zero-order chi connectivity index (χ0) is 12.4. The van der Waals surface area contributed by atoms with Crippen LogP contribution in [-0.4, -0.2) is 64.0 Å². The van der Waals surface area contributed by atoms with Crippen molar-refractivity contribution in [3.8, 4) is 0 Å². The van der Waals surface area contributed by atoms with Crippen LogP contribution in [-0.2, 0) is 19.0 Å². The number of hydrogen-bond acceptors (Lipinski definition) is 5. The molecule has 1 atom stereocenters. The van der Waals surface area contributed by atoms with Crippen LogP contribution in [0.3, 0.4) is 0 Å². The van der Waals surface area contributed by atoms with Crippen LogP contribution < -0.4 is 0 Å². The number of rotatable bonds is 9. The van der Waals surface area contributed by atoms with Crippen molar-refractivity contribution in [2.75, 3.05) is 47.1 Å². The Morgan fingerprint density at radius 1 is 1.19 bits per heavy atom. The summed E-state index contributed by atoms with van der Waals surface area (Å²) in [7, 11) is 3.28. The summed E-state index contributed by atoms with van der Waals surface area (Å²) in [6.07, 6.45) is 0. The summed E-state index contributed by atoms with van der Waals surface area (Å²) >= 11 is 0. The molecule has 0 saturated heterocycles. The summed E-state index contributed by atoms with van der Waals surface area (Å²) in [4.78, 5) is 13.6. The Kier molecular flexibility index (Phi) is 9.18. The third-order valence-electron chi connectivity index (χ3n) is 2.34. The number of hydrogen-bond donors (Lipinski definition) is 0. The highest BCUT2D eigenvalue weighted by Gasteiger charge is 2.21. The maximum absolute atomic E-state index is 11.6. The highest BCUT2D eigenvalue weighted by molar-refractivity contribution is 5.75. The highest BCUT2D eigenvalue weighted by Crippen LogP contribution is 2.01. The molecule has 0 saturated carbocycles. The number of ether oxygens (including phenoxy) is 3. The largest absolute Gasteiger partial charge is 0.465 e. The molecule has 0 amide bonds. The predicted octanol–water partition coefficient (Wildman–Crippen LogP) is 0.533. The lowest BCUT2D eigenvalue weighted by Crippen LogP contribution is -2.43. The Hall–Kier alpha value is -0.650. The average Bonchev–Trinajstić information content (AvgIpc) is 2.29. The first-order valence-corrected chi connectivity index (χ1v) is 5.55. The van der Waals surface area contributed by atoms with Gasteiger partial charge in [-0.05, 0) is 13.8 Å². The lowest BCUT2D eigenvalue weighted by Gasteiger charge is -2.26. The smallest absolute Gasteiger partial charge is 0.323 e. The Labute approximate surface area is 97.7 Å². The summed E-state index contributed by atoms with van der Waals surface area (Å²) in [6, 6.07) is -0.259. The van der Waals surface area contributed by atoms with Gasteiger partial charge < -0.3 is 14.2 Å². The van der Waals surface area contributed by atoms with Gasteiger partial charge >= 0.3 is 5.97 Å². The van der Waals surface area contributed by atoms with Crippen LogP contribution in [0.4, 0.5) is 0 Å². The molecular formula is C11H23NO4. The Balaban J connectivity index is 4.17. The molecule has 0 heterocycles. The van der Waals surface area contributed by atoms with Gasteiger partial charge in [-0.3, -0.25) is 9.69 Å². The van der Waals surface area contributed by atoms with E-state index in [9.17, 15) is 4.79 Å². The van der Waals surface area contributed by atoms with Crippen molar-refractivity contribution in [1.29, 1.82) is 0 Å². The molecule has 0 aliphatic carbocycles. The van der Waals surface area contributed by atoms with Crippen molar-refractivity contribution in [2.45, 2.75) is 19.9 Å². The molecule has 0 aliphatic heterocycles. The fourth-order valence-electron chi connectivity index (χ4n) is 1.33. The molecule has 0 aromatic heterocycles. The number of carbonyl (C=O) groups is 1. The van der Waals surface area contributed by atoms with E-state index in [1.807, 2.05) is 11.8 Å². The molecule has 96 valence electrons. The zero-order valence-corrected chi connectivity index (χ0v) is 10.7. The van der Waals surface area contributed by atoms with Gasteiger partial charge in [0.2, 0.25) is 0 Å². The lowest BCUT2D eigenvalue weighted by atomic mass is 10.3. The zero-order valence-electron chi connectivity index (χ0n) is 10.7. The second kappa shape index (κ2) is 9.57. The van der Waals surface area contributed by atoms with Crippen molar-refractivity contribution >= 4 is 5.97 Å². The first kappa shape index (κ1) is 15.3. The van der Waals surface area contributed by atoms with Crippen LogP contribution >= 0.6 is 0 Å². The number of carbonyl (C=O) groups excluding carboxylic acids is 1. The van der Waals surface area contributed by atoms with Gasteiger partial charge in [0.15, 0.2) is 0 Å². The van der Waals surface area contributed by atoms with E-state index in [0.717, 1.165) is 0 Å². The molecule has 1 unspecified atom stereocenters. The minimum atomic E-state index is -0.259. The molecule has 0 N–H and O–H groups in total. The Morgan fingerprint density at radius 2 is 1.69 bits per heavy atom. The van der Waals surface area contributed by atoms with Gasteiger partial charge in [0.1, 0.15) is 6.04 Å². The molecule has 0 aliphatic rings. The first-order valence-electron chi connectivity index (χ1n) is 5.55. The predicted molar refractivity (Wildman–Crippen MR) is 61.4 cm³/mol. The second-order valence-electron chi connectivity index (χ2n) is 3.45. The van der Waals surface area contributed by atoms with Gasteiger partial charge in [0, 0.05) is 27.3 Å². The molecule has 16 heavy (non-hydrogen) atoms. The molecule has 0 rings (SSSR count). The molecule has 0 spiro atoms. The van der Waals surface area contributed by atoms with Gasteiger partial charge in [0.25, 0.3) is 0 Å². The summed E-state index contributed by atoms with van der Waals surface area (Å²) in [6.45, 7) is 6.62. The summed E-state index contributed by atoms with van der Waals surface area (Å²) in [5.74, 6) is -0.199. The van der Waals surface area contributed by atoms with Gasteiger partial charge in [-0.15, -0.1) is 0 Å².